The summed E-state index contributed by atoms with van der Waals surface area (Å²) in [6.07, 6.45) is 0. The standard InChI is InChI=1S/C24H25NO4S/c1-19(24(26)27)18-30(28,29)25(17-20-11-5-2-6-12-20)23(21-13-7-3-8-14-21)22-15-9-4-10-16-22/h2-16,19,23H,17-18H2,1H3,(H,26,27). The third-order valence-electron chi connectivity index (χ3n) is 4.94. The molecule has 5 nitrogen and oxygen atoms in total. The molecule has 0 bridgehead atoms. The molecule has 0 saturated heterocycles. The molecule has 30 heavy (non-hydrogen) atoms. The van der Waals surface area contributed by atoms with Crippen molar-refractivity contribution in [2.75, 3.05) is 5.75 Å². The first kappa shape index (κ1) is 21.7. The van der Waals surface area contributed by atoms with E-state index in [2.05, 4.69) is 0 Å². The molecule has 0 aliphatic rings. The molecule has 0 amide bonds. The Balaban J connectivity index is 2.13. The fraction of sp³-hybridized carbons (Fsp3) is 0.208. The molecule has 0 spiro atoms. The highest BCUT2D eigenvalue weighted by atomic mass is 32.2. The number of hydrogen-bond acceptors (Lipinski definition) is 3. The van der Waals surface area contributed by atoms with E-state index >= 15 is 0 Å². The first-order chi connectivity index (χ1) is 14.4. The van der Waals surface area contributed by atoms with Gasteiger partial charge in [-0.25, -0.2) is 8.42 Å². The molecule has 1 atom stereocenters. The lowest BCUT2D eigenvalue weighted by Gasteiger charge is -2.32. The molecule has 3 rings (SSSR count). The second-order valence-electron chi connectivity index (χ2n) is 7.27. The van der Waals surface area contributed by atoms with Gasteiger partial charge in [0.05, 0.1) is 17.7 Å². The third-order valence-corrected chi connectivity index (χ3v) is 6.92. The van der Waals surface area contributed by atoms with Crippen LogP contribution in [0.15, 0.2) is 91.0 Å². The van der Waals surface area contributed by atoms with Gasteiger partial charge in [-0.1, -0.05) is 97.9 Å². The number of benzene rings is 3. The Labute approximate surface area is 177 Å². The van der Waals surface area contributed by atoms with Crippen LogP contribution in [-0.2, 0) is 21.4 Å². The fourth-order valence-electron chi connectivity index (χ4n) is 3.39. The van der Waals surface area contributed by atoms with Crippen molar-refractivity contribution in [3.63, 3.8) is 0 Å². The Hall–Kier alpha value is -2.96. The van der Waals surface area contributed by atoms with Crippen molar-refractivity contribution in [2.45, 2.75) is 19.5 Å². The Morgan fingerprint density at radius 2 is 1.27 bits per heavy atom. The number of rotatable bonds is 9. The van der Waals surface area contributed by atoms with Crippen molar-refractivity contribution in [1.82, 2.24) is 4.31 Å². The molecule has 0 fully saturated rings. The Morgan fingerprint density at radius 1 is 0.833 bits per heavy atom. The van der Waals surface area contributed by atoms with Gasteiger partial charge in [-0.05, 0) is 16.7 Å². The Morgan fingerprint density at radius 3 is 1.70 bits per heavy atom. The van der Waals surface area contributed by atoms with Gasteiger partial charge in [-0.3, -0.25) is 4.79 Å². The molecule has 3 aromatic rings. The first-order valence-corrected chi connectivity index (χ1v) is 11.4. The average Bonchev–Trinajstić information content (AvgIpc) is 2.75. The lowest BCUT2D eigenvalue weighted by molar-refractivity contribution is -0.140. The van der Waals surface area contributed by atoms with E-state index in [9.17, 15) is 18.3 Å². The van der Waals surface area contributed by atoms with Gasteiger partial charge >= 0.3 is 5.97 Å². The number of carbonyl (C=O) groups is 1. The van der Waals surface area contributed by atoms with Crippen molar-refractivity contribution >= 4 is 16.0 Å². The molecule has 3 aromatic carbocycles. The van der Waals surface area contributed by atoms with Gasteiger partial charge in [0.15, 0.2) is 0 Å². The highest BCUT2D eigenvalue weighted by Gasteiger charge is 2.34. The molecule has 0 heterocycles. The van der Waals surface area contributed by atoms with Crippen LogP contribution >= 0.6 is 0 Å². The van der Waals surface area contributed by atoms with Gasteiger partial charge in [0.2, 0.25) is 10.0 Å². The van der Waals surface area contributed by atoms with Crippen LogP contribution in [0.25, 0.3) is 0 Å². The van der Waals surface area contributed by atoms with Gasteiger partial charge in [0.1, 0.15) is 0 Å². The number of carboxylic acid groups (broad SMARTS) is 1. The minimum atomic E-state index is -3.91. The van der Waals surface area contributed by atoms with Crippen molar-refractivity contribution in [2.24, 2.45) is 5.92 Å². The summed E-state index contributed by atoms with van der Waals surface area (Å²) in [5, 5.41) is 9.31. The molecule has 0 aliphatic carbocycles. The van der Waals surface area contributed by atoms with Gasteiger partial charge in [-0.2, -0.15) is 4.31 Å². The smallest absolute Gasteiger partial charge is 0.307 e. The summed E-state index contributed by atoms with van der Waals surface area (Å²) in [4.78, 5) is 11.4. The van der Waals surface area contributed by atoms with Crippen molar-refractivity contribution < 1.29 is 18.3 Å². The Kier molecular flexibility index (Phi) is 7.03. The zero-order valence-corrected chi connectivity index (χ0v) is 17.6. The molecule has 6 heteroatoms. The minimum Gasteiger partial charge on any atom is -0.481 e. The van der Waals surface area contributed by atoms with Crippen LogP contribution in [0.1, 0.15) is 29.7 Å². The van der Waals surface area contributed by atoms with Crippen LogP contribution in [0.5, 0.6) is 0 Å². The van der Waals surface area contributed by atoms with Crippen LogP contribution in [-0.4, -0.2) is 29.6 Å². The summed E-state index contributed by atoms with van der Waals surface area (Å²) in [5.41, 5.74) is 2.48. The van der Waals surface area contributed by atoms with E-state index < -0.39 is 33.7 Å². The predicted octanol–water partition coefficient (Wildman–Crippen LogP) is 4.33. The molecule has 1 unspecified atom stereocenters. The fourth-order valence-corrected chi connectivity index (χ4v) is 5.27. The maximum absolute atomic E-state index is 13.5. The summed E-state index contributed by atoms with van der Waals surface area (Å²) < 4.78 is 28.4. The van der Waals surface area contributed by atoms with E-state index in [1.807, 2.05) is 91.0 Å². The number of aliphatic carboxylic acids is 1. The van der Waals surface area contributed by atoms with E-state index in [0.29, 0.717) is 0 Å². The SMILES string of the molecule is CC(CS(=O)(=O)N(Cc1ccccc1)C(c1ccccc1)c1ccccc1)C(=O)O. The highest BCUT2D eigenvalue weighted by molar-refractivity contribution is 7.89. The molecule has 0 aliphatic heterocycles. The number of sulfonamides is 1. The van der Waals surface area contributed by atoms with Crippen LogP contribution in [0.4, 0.5) is 0 Å². The van der Waals surface area contributed by atoms with Crippen LogP contribution in [0, 0.1) is 5.92 Å². The minimum absolute atomic E-state index is 0.143. The second-order valence-corrected chi connectivity index (χ2v) is 9.24. The summed E-state index contributed by atoms with van der Waals surface area (Å²) in [6.45, 7) is 1.56. The lowest BCUT2D eigenvalue weighted by atomic mass is 9.98. The Bertz CT molecular complexity index is 1010. The largest absolute Gasteiger partial charge is 0.481 e. The molecule has 1 N–H and O–H groups in total. The number of hydrogen-bond donors (Lipinski definition) is 1. The second kappa shape index (κ2) is 9.69. The van der Waals surface area contributed by atoms with E-state index in [4.69, 9.17) is 0 Å². The molecular formula is C24H25NO4S. The van der Waals surface area contributed by atoms with Crippen molar-refractivity contribution in [1.29, 1.82) is 0 Å². The zero-order chi connectivity index (χ0) is 21.6. The summed E-state index contributed by atoms with van der Waals surface area (Å²) in [6, 6.07) is 27.6. The van der Waals surface area contributed by atoms with Crippen LogP contribution in [0.3, 0.4) is 0 Å². The van der Waals surface area contributed by atoms with Crippen LogP contribution in [0.2, 0.25) is 0 Å². The van der Waals surface area contributed by atoms with Gasteiger partial charge in [0, 0.05) is 6.54 Å². The normalized spacial score (nSPS) is 12.8. The average molecular weight is 424 g/mol. The zero-order valence-electron chi connectivity index (χ0n) is 16.8. The third kappa shape index (κ3) is 5.34. The first-order valence-electron chi connectivity index (χ1n) is 9.74. The molecule has 0 aromatic heterocycles. The summed E-state index contributed by atoms with van der Waals surface area (Å²) >= 11 is 0. The van der Waals surface area contributed by atoms with Crippen molar-refractivity contribution in [3.05, 3.63) is 108 Å². The number of carboxylic acids is 1. The van der Waals surface area contributed by atoms with Gasteiger partial charge in [-0.15, -0.1) is 0 Å². The molecular weight excluding hydrogens is 398 g/mol. The van der Waals surface area contributed by atoms with Gasteiger partial charge < -0.3 is 5.11 Å². The highest BCUT2D eigenvalue weighted by Crippen LogP contribution is 2.33. The molecule has 0 radical (unpaired) electrons. The maximum atomic E-state index is 13.5. The van der Waals surface area contributed by atoms with E-state index in [1.54, 1.807) is 0 Å². The quantitative estimate of drug-likeness (QED) is 0.556. The topological polar surface area (TPSA) is 74.7 Å². The van der Waals surface area contributed by atoms with E-state index in [0.717, 1.165) is 16.7 Å². The van der Waals surface area contributed by atoms with E-state index in [-0.39, 0.29) is 6.54 Å². The number of nitrogens with zero attached hydrogens (tertiary/aromatic N) is 1. The lowest BCUT2D eigenvalue weighted by Crippen LogP contribution is -2.39. The molecule has 0 saturated carbocycles. The van der Waals surface area contributed by atoms with Crippen molar-refractivity contribution in [3.8, 4) is 0 Å². The maximum Gasteiger partial charge on any atom is 0.307 e. The van der Waals surface area contributed by atoms with Gasteiger partial charge in [0.25, 0.3) is 0 Å². The summed E-state index contributed by atoms with van der Waals surface area (Å²) in [5.74, 6) is -2.61. The summed E-state index contributed by atoms with van der Waals surface area (Å²) in [7, 11) is -3.91. The monoisotopic (exact) mass is 423 g/mol. The molecule has 156 valence electrons. The predicted molar refractivity (Wildman–Crippen MR) is 117 cm³/mol. The van der Waals surface area contributed by atoms with Crippen LogP contribution < -0.4 is 0 Å². The van der Waals surface area contributed by atoms with E-state index in [1.165, 1.54) is 11.2 Å².